The molecule has 1 aliphatic rings. The number of hydrogen-bond donors (Lipinski definition) is 2. The number of hydrazine groups is 1. The summed E-state index contributed by atoms with van der Waals surface area (Å²) in [5.74, 6) is 6.44. The molecule has 1 amide bonds. The fraction of sp³-hybridized carbons (Fsp3) is 0.643. The topological polar surface area (TPSA) is 84.1 Å². The Morgan fingerprint density at radius 2 is 2.05 bits per heavy atom. The Balaban J connectivity index is 1.97. The molecule has 2 rings (SSSR count). The molecule has 0 bridgehead atoms. The number of nitrogens with zero attached hydrogens (tertiary/aromatic N) is 3. The van der Waals surface area contributed by atoms with E-state index < -0.39 is 0 Å². The van der Waals surface area contributed by atoms with Crippen LogP contribution in [0.4, 0.5) is 5.82 Å². The van der Waals surface area contributed by atoms with E-state index in [1.165, 1.54) is 31.7 Å². The second-order valence-electron chi connectivity index (χ2n) is 5.43. The van der Waals surface area contributed by atoms with E-state index in [0.29, 0.717) is 17.6 Å². The zero-order valence-corrected chi connectivity index (χ0v) is 12.2. The van der Waals surface area contributed by atoms with Crippen molar-refractivity contribution in [3.05, 3.63) is 18.1 Å². The molecular weight excluding hydrogens is 254 g/mol. The Morgan fingerprint density at radius 1 is 1.35 bits per heavy atom. The zero-order chi connectivity index (χ0) is 14.5. The Hall–Kier alpha value is -1.69. The fourth-order valence-corrected chi connectivity index (χ4v) is 2.80. The number of rotatable bonds is 4. The van der Waals surface area contributed by atoms with Crippen LogP contribution in [0.15, 0.2) is 12.4 Å². The summed E-state index contributed by atoms with van der Waals surface area (Å²) in [6.07, 6.45) is 8.75. The quantitative estimate of drug-likeness (QED) is 0.647. The highest BCUT2D eigenvalue weighted by atomic mass is 16.2. The molecule has 20 heavy (non-hydrogen) atoms. The highest BCUT2D eigenvalue weighted by molar-refractivity contribution is 5.92. The Kier molecular flexibility index (Phi) is 4.89. The number of nitrogen functional groups attached to an aromatic ring is 1. The van der Waals surface area contributed by atoms with Crippen LogP contribution in [0.3, 0.4) is 0 Å². The molecule has 110 valence electrons. The molecule has 0 atom stereocenters. The van der Waals surface area contributed by atoms with Crippen LogP contribution in [-0.4, -0.2) is 33.9 Å². The summed E-state index contributed by atoms with van der Waals surface area (Å²) in [5.41, 5.74) is 2.76. The normalized spacial score (nSPS) is 22.4. The predicted octanol–water partition coefficient (Wildman–Crippen LogP) is 1.80. The van der Waals surface area contributed by atoms with Gasteiger partial charge in [-0.05, 0) is 31.6 Å². The van der Waals surface area contributed by atoms with Crippen molar-refractivity contribution in [1.82, 2.24) is 14.9 Å². The third-order valence-corrected chi connectivity index (χ3v) is 4.28. The Morgan fingerprint density at radius 3 is 2.55 bits per heavy atom. The second kappa shape index (κ2) is 6.65. The Bertz CT molecular complexity index is 439. The molecule has 1 aromatic rings. The first-order valence-corrected chi connectivity index (χ1v) is 7.21. The number of anilines is 1. The van der Waals surface area contributed by atoms with E-state index in [1.54, 1.807) is 0 Å². The molecule has 0 radical (unpaired) electrons. The van der Waals surface area contributed by atoms with Crippen LogP contribution in [-0.2, 0) is 0 Å². The number of hydrogen-bond acceptors (Lipinski definition) is 5. The molecule has 1 saturated carbocycles. The average Bonchev–Trinajstić information content (AvgIpc) is 2.53. The van der Waals surface area contributed by atoms with Crippen molar-refractivity contribution in [3.8, 4) is 0 Å². The molecule has 0 aliphatic heterocycles. The van der Waals surface area contributed by atoms with Crippen LogP contribution >= 0.6 is 0 Å². The van der Waals surface area contributed by atoms with Crippen molar-refractivity contribution < 1.29 is 4.79 Å². The average molecular weight is 277 g/mol. The summed E-state index contributed by atoms with van der Waals surface area (Å²) in [6.45, 7) is 2.24. The minimum Gasteiger partial charge on any atom is -0.337 e. The van der Waals surface area contributed by atoms with Gasteiger partial charge in [-0.3, -0.25) is 4.79 Å². The number of carbonyl (C=O) groups excluding carboxylic acids is 1. The monoisotopic (exact) mass is 277 g/mol. The summed E-state index contributed by atoms with van der Waals surface area (Å²) in [5, 5.41) is 0. The van der Waals surface area contributed by atoms with Gasteiger partial charge in [0, 0.05) is 13.1 Å². The minimum atomic E-state index is -0.0685. The van der Waals surface area contributed by atoms with Gasteiger partial charge >= 0.3 is 0 Å². The zero-order valence-electron chi connectivity index (χ0n) is 12.2. The van der Waals surface area contributed by atoms with Gasteiger partial charge < -0.3 is 10.3 Å². The first kappa shape index (κ1) is 14.7. The number of nitrogens with two attached hydrogens (primary N) is 1. The maximum Gasteiger partial charge on any atom is 0.274 e. The molecule has 3 N–H and O–H groups in total. The largest absolute Gasteiger partial charge is 0.337 e. The molecule has 1 heterocycles. The summed E-state index contributed by atoms with van der Waals surface area (Å²) in [4.78, 5) is 22.3. The van der Waals surface area contributed by atoms with Gasteiger partial charge in [-0.15, -0.1) is 0 Å². The third kappa shape index (κ3) is 3.25. The predicted molar refractivity (Wildman–Crippen MR) is 78.0 cm³/mol. The van der Waals surface area contributed by atoms with Crippen molar-refractivity contribution in [2.24, 2.45) is 11.8 Å². The molecule has 0 spiro atoms. The molecule has 1 aromatic heterocycles. The highest BCUT2D eigenvalue weighted by Gasteiger charge is 2.26. The lowest BCUT2D eigenvalue weighted by Gasteiger charge is -2.34. The standard InChI is InChI=1S/C14H23N5O/c1-3-10-4-6-11(7-5-10)19(2)14(20)12-8-17-13(18-15)9-16-12/h8-11H,3-7,15H2,1-2H3,(H,17,18). The lowest BCUT2D eigenvalue weighted by molar-refractivity contribution is 0.0668. The van der Waals surface area contributed by atoms with E-state index in [0.717, 1.165) is 18.8 Å². The van der Waals surface area contributed by atoms with Crippen LogP contribution in [0.2, 0.25) is 0 Å². The molecule has 1 aliphatic carbocycles. The van der Waals surface area contributed by atoms with Gasteiger partial charge in [0.15, 0.2) is 5.82 Å². The van der Waals surface area contributed by atoms with Crippen molar-refractivity contribution in [2.75, 3.05) is 12.5 Å². The number of nitrogens with one attached hydrogen (secondary N) is 1. The molecule has 6 heteroatoms. The van der Waals surface area contributed by atoms with Gasteiger partial charge in [0.25, 0.3) is 5.91 Å². The lowest BCUT2D eigenvalue weighted by Crippen LogP contribution is -2.39. The van der Waals surface area contributed by atoms with Gasteiger partial charge in [-0.1, -0.05) is 13.3 Å². The van der Waals surface area contributed by atoms with Crippen LogP contribution in [0.1, 0.15) is 49.5 Å². The van der Waals surface area contributed by atoms with Crippen molar-refractivity contribution >= 4 is 11.7 Å². The second-order valence-corrected chi connectivity index (χ2v) is 5.43. The molecule has 0 aromatic carbocycles. The minimum absolute atomic E-state index is 0.0685. The summed E-state index contributed by atoms with van der Waals surface area (Å²) in [7, 11) is 1.86. The van der Waals surface area contributed by atoms with Crippen LogP contribution in [0, 0.1) is 5.92 Å². The van der Waals surface area contributed by atoms with E-state index >= 15 is 0 Å². The molecule has 6 nitrogen and oxygen atoms in total. The first-order valence-electron chi connectivity index (χ1n) is 7.21. The van der Waals surface area contributed by atoms with E-state index in [9.17, 15) is 4.79 Å². The van der Waals surface area contributed by atoms with Crippen LogP contribution in [0.5, 0.6) is 0 Å². The van der Waals surface area contributed by atoms with E-state index in [4.69, 9.17) is 5.84 Å². The van der Waals surface area contributed by atoms with Gasteiger partial charge in [0.2, 0.25) is 0 Å². The highest BCUT2D eigenvalue weighted by Crippen LogP contribution is 2.29. The van der Waals surface area contributed by atoms with Gasteiger partial charge in [0.1, 0.15) is 5.69 Å². The van der Waals surface area contributed by atoms with E-state index in [-0.39, 0.29) is 5.91 Å². The number of aromatic nitrogens is 2. The van der Waals surface area contributed by atoms with Gasteiger partial charge in [0.05, 0.1) is 12.4 Å². The maximum atomic E-state index is 12.4. The lowest BCUT2D eigenvalue weighted by atomic mass is 9.84. The summed E-state index contributed by atoms with van der Waals surface area (Å²) < 4.78 is 0. The fourth-order valence-electron chi connectivity index (χ4n) is 2.80. The van der Waals surface area contributed by atoms with Crippen molar-refractivity contribution in [1.29, 1.82) is 0 Å². The summed E-state index contributed by atoms with van der Waals surface area (Å²) >= 11 is 0. The molecule has 1 fully saturated rings. The number of amides is 1. The van der Waals surface area contributed by atoms with Gasteiger partial charge in [-0.2, -0.15) is 0 Å². The molecular formula is C14H23N5O. The SMILES string of the molecule is CCC1CCC(N(C)C(=O)c2cnc(NN)cn2)CC1. The van der Waals surface area contributed by atoms with E-state index in [1.807, 2.05) is 11.9 Å². The first-order chi connectivity index (χ1) is 9.65. The Labute approximate surface area is 119 Å². The number of carbonyl (C=O) groups is 1. The molecule has 0 saturated heterocycles. The third-order valence-electron chi connectivity index (χ3n) is 4.28. The van der Waals surface area contributed by atoms with Crippen LogP contribution in [0.25, 0.3) is 0 Å². The smallest absolute Gasteiger partial charge is 0.274 e. The summed E-state index contributed by atoms with van der Waals surface area (Å²) in [6, 6.07) is 0.319. The van der Waals surface area contributed by atoms with Crippen molar-refractivity contribution in [3.63, 3.8) is 0 Å². The van der Waals surface area contributed by atoms with E-state index in [2.05, 4.69) is 22.3 Å². The van der Waals surface area contributed by atoms with Gasteiger partial charge in [-0.25, -0.2) is 15.8 Å². The van der Waals surface area contributed by atoms with Crippen LogP contribution < -0.4 is 11.3 Å². The van der Waals surface area contributed by atoms with Crippen molar-refractivity contribution in [2.45, 2.75) is 45.1 Å². The molecule has 0 unspecified atom stereocenters. The maximum absolute atomic E-state index is 12.4.